The number of nitrogen functional groups attached to an aromatic ring is 1. The van der Waals surface area contributed by atoms with Crippen molar-refractivity contribution in [1.29, 1.82) is 0 Å². The van der Waals surface area contributed by atoms with E-state index >= 15 is 0 Å². The number of phenolic OH excluding ortho intramolecular Hbond substituents is 1. The minimum atomic E-state index is 0.161. The molecule has 0 amide bonds. The number of phenols is 1. The summed E-state index contributed by atoms with van der Waals surface area (Å²) >= 11 is 0. The van der Waals surface area contributed by atoms with Crippen LogP contribution in [0.25, 0.3) is 23.5 Å². The van der Waals surface area contributed by atoms with Gasteiger partial charge >= 0.3 is 0 Å². The summed E-state index contributed by atoms with van der Waals surface area (Å²) in [5.41, 5.74) is 8.06. The number of nitrogens with two attached hydrogens (primary N) is 1. The van der Waals surface area contributed by atoms with Gasteiger partial charge in [-0.2, -0.15) is 4.98 Å². The van der Waals surface area contributed by atoms with Gasteiger partial charge in [-0.05, 0) is 35.9 Å². The Kier molecular flexibility index (Phi) is 3.39. The van der Waals surface area contributed by atoms with Crippen LogP contribution >= 0.6 is 0 Å². The van der Waals surface area contributed by atoms with Gasteiger partial charge in [0.1, 0.15) is 5.75 Å². The minimum Gasteiger partial charge on any atom is -0.508 e. The van der Waals surface area contributed by atoms with Crippen LogP contribution in [-0.2, 0) is 0 Å². The second kappa shape index (κ2) is 5.50. The van der Waals surface area contributed by atoms with Crippen LogP contribution in [0.3, 0.4) is 0 Å². The molecule has 0 spiro atoms. The Balaban J connectivity index is 1.82. The standard InChI is InChI=1S/C16H13N3O2/c17-13-5-1-3-11(9-13)7-8-15-18-16(19-21-15)12-4-2-6-14(20)10-12/h1-10,20H,17H2/b8-7+. The Morgan fingerprint density at radius 2 is 1.90 bits per heavy atom. The maximum Gasteiger partial charge on any atom is 0.250 e. The first-order valence-electron chi connectivity index (χ1n) is 6.37. The summed E-state index contributed by atoms with van der Waals surface area (Å²) in [4.78, 5) is 4.25. The fourth-order valence-corrected chi connectivity index (χ4v) is 1.90. The maximum absolute atomic E-state index is 9.45. The minimum absolute atomic E-state index is 0.161. The van der Waals surface area contributed by atoms with E-state index in [0.717, 1.165) is 5.56 Å². The lowest BCUT2D eigenvalue weighted by atomic mass is 10.2. The zero-order chi connectivity index (χ0) is 14.7. The van der Waals surface area contributed by atoms with Crippen LogP contribution in [0.4, 0.5) is 5.69 Å². The van der Waals surface area contributed by atoms with Crippen molar-refractivity contribution in [1.82, 2.24) is 10.1 Å². The largest absolute Gasteiger partial charge is 0.508 e. The van der Waals surface area contributed by atoms with Crippen molar-refractivity contribution in [2.45, 2.75) is 0 Å². The first kappa shape index (κ1) is 12.9. The van der Waals surface area contributed by atoms with E-state index in [1.165, 1.54) is 0 Å². The Morgan fingerprint density at radius 3 is 2.71 bits per heavy atom. The predicted molar refractivity (Wildman–Crippen MR) is 81.2 cm³/mol. The summed E-state index contributed by atoms with van der Waals surface area (Å²) in [6.45, 7) is 0. The molecule has 5 heteroatoms. The zero-order valence-electron chi connectivity index (χ0n) is 11.1. The van der Waals surface area contributed by atoms with Crippen LogP contribution < -0.4 is 5.73 Å². The van der Waals surface area contributed by atoms with E-state index in [2.05, 4.69) is 10.1 Å². The van der Waals surface area contributed by atoms with Gasteiger partial charge in [-0.15, -0.1) is 0 Å². The lowest BCUT2D eigenvalue weighted by molar-refractivity contribution is 0.411. The van der Waals surface area contributed by atoms with Crippen molar-refractivity contribution in [2.24, 2.45) is 0 Å². The Labute approximate surface area is 121 Å². The fourth-order valence-electron chi connectivity index (χ4n) is 1.90. The number of hydrogen-bond donors (Lipinski definition) is 2. The summed E-state index contributed by atoms with van der Waals surface area (Å²) in [7, 11) is 0. The van der Waals surface area contributed by atoms with Crippen molar-refractivity contribution in [3.8, 4) is 17.1 Å². The van der Waals surface area contributed by atoms with E-state index in [9.17, 15) is 5.11 Å². The molecule has 1 heterocycles. The molecular weight excluding hydrogens is 266 g/mol. The molecule has 0 aliphatic rings. The van der Waals surface area contributed by atoms with Crippen LogP contribution in [-0.4, -0.2) is 15.2 Å². The Bertz CT molecular complexity index is 793. The maximum atomic E-state index is 9.45. The van der Waals surface area contributed by atoms with E-state index in [4.69, 9.17) is 10.3 Å². The van der Waals surface area contributed by atoms with E-state index in [-0.39, 0.29) is 5.75 Å². The van der Waals surface area contributed by atoms with Gasteiger partial charge < -0.3 is 15.4 Å². The molecule has 0 fully saturated rings. The Hall–Kier alpha value is -3.08. The molecule has 3 rings (SSSR count). The predicted octanol–water partition coefficient (Wildman–Crippen LogP) is 3.19. The van der Waals surface area contributed by atoms with E-state index in [1.54, 1.807) is 30.3 Å². The van der Waals surface area contributed by atoms with Gasteiger partial charge in [-0.1, -0.05) is 29.4 Å². The molecule has 0 bridgehead atoms. The molecule has 3 aromatic rings. The molecule has 21 heavy (non-hydrogen) atoms. The van der Waals surface area contributed by atoms with Crippen molar-refractivity contribution in [2.75, 3.05) is 5.73 Å². The number of nitrogens with zero attached hydrogens (tertiary/aromatic N) is 2. The number of aromatic hydroxyl groups is 1. The topological polar surface area (TPSA) is 85.2 Å². The number of anilines is 1. The average molecular weight is 279 g/mol. The second-order valence-electron chi connectivity index (χ2n) is 4.51. The van der Waals surface area contributed by atoms with Gasteiger partial charge in [0.2, 0.25) is 5.82 Å². The highest BCUT2D eigenvalue weighted by Gasteiger charge is 2.06. The number of hydrogen-bond acceptors (Lipinski definition) is 5. The van der Waals surface area contributed by atoms with Crippen LogP contribution in [0, 0.1) is 0 Å². The molecule has 0 aliphatic carbocycles. The average Bonchev–Trinajstić information content (AvgIpc) is 2.94. The van der Waals surface area contributed by atoms with Gasteiger partial charge in [0.15, 0.2) is 0 Å². The summed E-state index contributed by atoms with van der Waals surface area (Å²) in [5, 5.41) is 13.3. The van der Waals surface area contributed by atoms with E-state index in [0.29, 0.717) is 23.0 Å². The quantitative estimate of drug-likeness (QED) is 0.719. The molecule has 0 radical (unpaired) electrons. The summed E-state index contributed by atoms with van der Waals surface area (Å²) < 4.78 is 5.15. The lowest BCUT2D eigenvalue weighted by Crippen LogP contribution is -1.83. The van der Waals surface area contributed by atoms with Gasteiger partial charge in [0.05, 0.1) is 0 Å². The lowest BCUT2D eigenvalue weighted by Gasteiger charge is -1.94. The van der Waals surface area contributed by atoms with Crippen molar-refractivity contribution in [3.63, 3.8) is 0 Å². The Morgan fingerprint density at radius 1 is 1.05 bits per heavy atom. The van der Waals surface area contributed by atoms with Crippen molar-refractivity contribution >= 4 is 17.8 Å². The van der Waals surface area contributed by atoms with Crippen LogP contribution in [0.1, 0.15) is 11.5 Å². The monoisotopic (exact) mass is 279 g/mol. The molecule has 2 aromatic carbocycles. The van der Waals surface area contributed by atoms with Gasteiger partial charge in [-0.25, -0.2) is 0 Å². The number of rotatable bonds is 3. The molecule has 104 valence electrons. The van der Waals surface area contributed by atoms with Crippen molar-refractivity contribution < 1.29 is 9.63 Å². The first-order chi connectivity index (χ1) is 10.2. The van der Waals surface area contributed by atoms with E-state index in [1.807, 2.05) is 30.3 Å². The zero-order valence-corrected chi connectivity index (χ0v) is 11.1. The molecule has 0 saturated heterocycles. The third-order valence-corrected chi connectivity index (χ3v) is 2.88. The van der Waals surface area contributed by atoms with Gasteiger partial charge in [-0.3, -0.25) is 0 Å². The first-order valence-corrected chi connectivity index (χ1v) is 6.37. The highest BCUT2D eigenvalue weighted by atomic mass is 16.5. The van der Waals surface area contributed by atoms with Crippen LogP contribution in [0.2, 0.25) is 0 Å². The number of benzene rings is 2. The van der Waals surface area contributed by atoms with Crippen molar-refractivity contribution in [3.05, 3.63) is 60.0 Å². The summed E-state index contributed by atoms with van der Waals surface area (Å²) in [6.07, 6.45) is 3.56. The molecule has 1 aromatic heterocycles. The highest BCUT2D eigenvalue weighted by Crippen LogP contribution is 2.21. The third-order valence-electron chi connectivity index (χ3n) is 2.88. The molecular formula is C16H13N3O2. The smallest absolute Gasteiger partial charge is 0.250 e. The fraction of sp³-hybridized carbons (Fsp3) is 0. The van der Waals surface area contributed by atoms with Crippen LogP contribution in [0.5, 0.6) is 5.75 Å². The second-order valence-corrected chi connectivity index (χ2v) is 4.51. The molecule has 0 saturated carbocycles. The molecule has 5 nitrogen and oxygen atoms in total. The van der Waals surface area contributed by atoms with E-state index < -0.39 is 0 Å². The normalized spacial score (nSPS) is 11.0. The molecule has 0 unspecified atom stereocenters. The molecule has 0 atom stereocenters. The summed E-state index contributed by atoms with van der Waals surface area (Å²) in [5.74, 6) is 0.975. The SMILES string of the molecule is Nc1cccc(/C=C/c2nc(-c3cccc(O)c3)no2)c1. The number of aromatic nitrogens is 2. The highest BCUT2D eigenvalue weighted by molar-refractivity contribution is 5.68. The van der Waals surface area contributed by atoms with Crippen LogP contribution in [0.15, 0.2) is 53.1 Å². The van der Waals surface area contributed by atoms with Gasteiger partial charge in [0.25, 0.3) is 5.89 Å². The molecule has 3 N–H and O–H groups in total. The third kappa shape index (κ3) is 3.09. The summed E-state index contributed by atoms with van der Waals surface area (Å²) in [6, 6.07) is 14.2. The molecule has 0 aliphatic heterocycles. The van der Waals surface area contributed by atoms with Gasteiger partial charge in [0, 0.05) is 17.3 Å².